The minimum atomic E-state index is 0.106. The van der Waals surface area contributed by atoms with Crippen LogP contribution in [0.25, 0.3) is 5.65 Å². The van der Waals surface area contributed by atoms with Gasteiger partial charge in [-0.25, -0.2) is 4.98 Å². The van der Waals surface area contributed by atoms with Crippen molar-refractivity contribution in [2.75, 3.05) is 31.7 Å². The maximum absolute atomic E-state index is 6.00. The number of likely N-dealkylation sites (N-methyl/N-ethyl adjacent to an activating group) is 1. The van der Waals surface area contributed by atoms with E-state index in [9.17, 15) is 0 Å². The van der Waals surface area contributed by atoms with E-state index in [-0.39, 0.29) is 6.04 Å². The second kappa shape index (κ2) is 6.72. The maximum Gasteiger partial charge on any atom is 0.151 e. The largest absolute Gasteiger partial charge is 0.383 e. The molecule has 2 heterocycles. The molecule has 0 aliphatic rings. The maximum atomic E-state index is 6.00. The first kappa shape index (κ1) is 14.8. The Kier molecular flexibility index (Phi) is 4.98. The minimum Gasteiger partial charge on any atom is -0.383 e. The summed E-state index contributed by atoms with van der Waals surface area (Å²) in [6.07, 6.45) is 2.86. The Morgan fingerprint density at radius 2 is 2.25 bits per heavy atom. The van der Waals surface area contributed by atoms with Crippen LogP contribution in [-0.2, 0) is 11.2 Å². The van der Waals surface area contributed by atoms with Gasteiger partial charge in [0.2, 0.25) is 0 Å². The molecule has 0 aliphatic heterocycles. The van der Waals surface area contributed by atoms with Crippen LogP contribution in [0.2, 0.25) is 0 Å². The first-order chi connectivity index (χ1) is 9.67. The molecule has 2 aromatic rings. The molecule has 2 aromatic heterocycles. The van der Waals surface area contributed by atoms with E-state index in [1.54, 1.807) is 7.11 Å². The van der Waals surface area contributed by atoms with Gasteiger partial charge in [0, 0.05) is 38.9 Å². The van der Waals surface area contributed by atoms with Crippen LogP contribution in [0.15, 0.2) is 24.4 Å². The molecule has 0 saturated heterocycles. The number of fused-ring (bicyclic) bond motifs is 1. The fourth-order valence-corrected chi connectivity index (χ4v) is 2.40. The molecule has 0 radical (unpaired) electrons. The number of anilines is 1. The number of hydrogen-bond acceptors (Lipinski definition) is 4. The third-order valence-corrected chi connectivity index (χ3v) is 3.37. The number of hydrogen-bond donors (Lipinski definition) is 1. The Morgan fingerprint density at radius 3 is 2.90 bits per heavy atom. The smallest absolute Gasteiger partial charge is 0.151 e. The first-order valence-corrected chi connectivity index (χ1v) is 7.12. The molecule has 0 amide bonds. The Morgan fingerprint density at radius 1 is 1.45 bits per heavy atom. The topological polar surface area (TPSA) is 55.8 Å². The third kappa shape index (κ3) is 3.11. The number of nitrogens with zero attached hydrogens (tertiary/aromatic N) is 3. The van der Waals surface area contributed by atoms with Gasteiger partial charge in [-0.1, -0.05) is 6.07 Å². The number of rotatable bonds is 7. The lowest BCUT2D eigenvalue weighted by molar-refractivity contribution is 0.205. The standard InChI is InChI=1S/C15H24N4O/c1-4-18(9-10-20-3)15-13(11-12(2)16)19-8-6-5-7-14(19)17-15/h5-8,12H,4,9-11,16H2,1-3H3. The van der Waals surface area contributed by atoms with E-state index >= 15 is 0 Å². The van der Waals surface area contributed by atoms with Crippen LogP contribution in [0.5, 0.6) is 0 Å². The van der Waals surface area contributed by atoms with Gasteiger partial charge in [-0.05, 0) is 26.0 Å². The van der Waals surface area contributed by atoms with Crippen molar-refractivity contribution >= 4 is 11.5 Å². The van der Waals surface area contributed by atoms with Gasteiger partial charge in [0.05, 0.1) is 12.3 Å². The highest BCUT2D eigenvalue weighted by Crippen LogP contribution is 2.22. The molecule has 0 bridgehead atoms. The van der Waals surface area contributed by atoms with Gasteiger partial charge in [0.15, 0.2) is 5.82 Å². The van der Waals surface area contributed by atoms with E-state index in [2.05, 4.69) is 16.2 Å². The summed E-state index contributed by atoms with van der Waals surface area (Å²) in [4.78, 5) is 7.01. The van der Waals surface area contributed by atoms with E-state index < -0.39 is 0 Å². The van der Waals surface area contributed by atoms with Gasteiger partial charge in [0.1, 0.15) is 5.65 Å². The van der Waals surface area contributed by atoms with Crippen LogP contribution in [0.1, 0.15) is 19.5 Å². The molecule has 0 spiro atoms. The summed E-state index contributed by atoms with van der Waals surface area (Å²) in [5.41, 5.74) is 8.14. The molecule has 110 valence electrons. The fraction of sp³-hybridized carbons (Fsp3) is 0.533. The number of pyridine rings is 1. The van der Waals surface area contributed by atoms with Crippen molar-refractivity contribution in [2.24, 2.45) is 5.73 Å². The van der Waals surface area contributed by atoms with Gasteiger partial charge in [0.25, 0.3) is 0 Å². The molecule has 0 fully saturated rings. The highest BCUT2D eigenvalue weighted by atomic mass is 16.5. The Balaban J connectivity index is 2.43. The molecule has 5 heteroatoms. The highest BCUT2D eigenvalue weighted by Gasteiger charge is 2.17. The van der Waals surface area contributed by atoms with Gasteiger partial charge in [-0.2, -0.15) is 0 Å². The molecule has 0 saturated carbocycles. The fourth-order valence-electron chi connectivity index (χ4n) is 2.40. The van der Waals surface area contributed by atoms with Crippen molar-refractivity contribution in [3.8, 4) is 0 Å². The quantitative estimate of drug-likeness (QED) is 0.836. The molecular formula is C15H24N4O. The van der Waals surface area contributed by atoms with Crippen molar-refractivity contribution in [2.45, 2.75) is 26.3 Å². The Labute approximate surface area is 120 Å². The van der Waals surface area contributed by atoms with Crippen molar-refractivity contribution in [1.82, 2.24) is 9.38 Å². The van der Waals surface area contributed by atoms with E-state index in [1.165, 1.54) is 5.69 Å². The lowest BCUT2D eigenvalue weighted by Crippen LogP contribution is -2.29. The molecular weight excluding hydrogens is 252 g/mol. The molecule has 2 N–H and O–H groups in total. The van der Waals surface area contributed by atoms with Crippen LogP contribution < -0.4 is 10.6 Å². The van der Waals surface area contributed by atoms with Gasteiger partial charge < -0.3 is 19.8 Å². The zero-order chi connectivity index (χ0) is 14.5. The van der Waals surface area contributed by atoms with Crippen LogP contribution in [0, 0.1) is 0 Å². The lowest BCUT2D eigenvalue weighted by atomic mass is 10.2. The summed E-state index contributed by atoms with van der Waals surface area (Å²) in [5, 5.41) is 0. The molecule has 0 aliphatic carbocycles. The van der Waals surface area contributed by atoms with E-state index in [1.807, 2.05) is 31.3 Å². The molecule has 0 aromatic carbocycles. The minimum absolute atomic E-state index is 0.106. The van der Waals surface area contributed by atoms with E-state index in [0.29, 0.717) is 6.61 Å². The summed E-state index contributed by atoms with van der Waals surface area (Å²) >= 11 is 0. The second-order valence-electron chi connectivity index (χ2n) is 5.06. The monoisotopic (exact) mass is 276 g/mol. The summed E-state index contributed by atoms with van der Waals surface area (Å²) in [7, 11) is 1.72. The number of nitrogens with two attached hydrogens (primary N) is 1. The predicted octanol–water partition coefficient (Wildman–Crippen LogP) is 1.70. The normalized spacial score (nSPS) is 12.8. The highest BCUT2D eigenvalue weighted by molar-refractivity contribution is 5.56. The summed E-state index contributed by atoms with van der Waals surface area (Å²) < 4.78 is 7.32. The molecule has 20 heavy (non-hydrogen) atoms. The van der Waals surface area contributed by atoms with Crippen LogP contribution in [0.3, 0.4) is 0 Å². The number of imidazole rings is 1. The van der Waals surface area contributed by atoms with Gasteiger partial charge in [-0.3, -0.25) is 0 Å². The van der Waals surface area contributed by atoms with Gasteiger partial charge in [-0.15, -0.1) is 0 Å². The van der Waals surface area contributed by atoms with Gasteiger partial charge >= 0.3 is 0 Å². The molecule has 5 nitrogen and oxygen atoms in total. The zero-order valence-electron chi connectivity index (χ0n) is 12.5. The molecule has 1 atom stereocenters. The number of ether oxygens (including phenoxy) is 1. The first-order valence-electron chi connectivity index (χ1n) is 7.12. The van der Waals surface area contributed by atoms with Crippen molar-refractivity contribution < 1.29 is 4.74 Å². The third-order valence-electron chi connectivity index (χ3n) is 3.37. The number of aromatic nitrogens is 2. The second-order valence-corrected chi connectivity index (χ2v) is 5.06. The zero-order valence-corrected chi connectivity index (χ0v) is 12.5. The van der Waals surface area contributed by atoms with Crippen molar-refractivity contribution in [3.05, 3.63) is 30.1 Å². The molecule has 1 unspecified atom stereocenters. The molecule has 2 rings (SSSR count). The summed E-state index contributed by atoms with van der Waals surface area (Å²) in [5.74, 6) is 1.02. The van der Waals surface area contributed by atoms with Crippen molar-refractivity contribution in [3.63, 3.8) is 0 Å². The van der Waals surface area contributed by atoms with Crippen molar-refractivity contribution in [1.29, 1.82) is 0 Å². The number of methoxy groups -OCH3 is 1. The SMILES string of the molecule is CCN(CCOC)c1nc2ccccn2c1CC(C)N. The lowest BCUT2D eigenvalue weighted by Gasteiger charge is -2.22. The van der Waals surface area contributed by atoms with Crippen LogP contribution in [0.4, 0.5) is 5.82 Å². The van der Waals surface area contributed by atoms with E-state index in [0.717, 1.165) is 31.0 Å². The van der Waals surface area contributed by atoms with Crippen LogP contribution >= 0.6 is 0 Å². The Hall–Kier alpha value is -1.59. The Bertz CT molecular complexity index is 550. The van der Waals surface area contributed by atoms with E-state index in [4.69, 9.17) is 15.5 Å². The van der Waals surface area contributed by atoms with Crippen LogP contribution in [-0.4, -0.2) is 42.2 Å². The summed E-state index contributed by atoms with van der Waals surface area (Å²) in [6.45, 7) is 6.59. The average Bonchev–Trinajstić information content (AvgIpc) is 2.78. The predicted molar refractivity (Wildman–Crippen MR) is 82.3 cm³/mol. The average molecular weight is 276 g/mol. The summed E-state index contributed by atoms with van der Waals surface area (Å²) in [6, 6.07) is 6.16.